The van der Waals surface area contributed by atoms with Crippen LogP contribution in [0.1, 0.15) is 11.1 Å². The molecule has 0 spiro atoms. The molecule has 1 aliphatic rings. The van der Waals surface area contributed by atoms with E-state index >= 15 is 0 Å². The highest BCUT2D eigenvalue weighted by Gasteiger charge is 2.17. The first-order chi connectivity index (χ1) is 8.38. The van der Waals surface area contributed by atoms with E-state index in [1.807, 2.05) is 0 Å². The zero-order chi connectivity index (χ0) is 11.7. The van der Waals surface area contributed by atoms with Gasteiger partial charge in [-0.3, -0.25) is 0 Å². The molecule has 0 heterocycles. The van der Waals surface area contributed by atoms with Gasteiger partial charge in [-0.1, -0.05) is 36.3 Å². The third-order valence-corrected chi connectivity index (χ3v) is 3.19. The van der Waals surface area contributed by atoms with E-state index in [1.54, 1.807) is 0 Å². The Morgan fingerprint density at radius 1 is 1.06 bits per heavy atom. The third kappa shape index (κ3) is 1.68. The smallest absolute Gasteiger partial charge is 0.0763 e. The Kier molecular flexibility index (Phi) is 2.34. The fourth-order valence-corrected chi connectivity index (χ4v) is 2.41. The van der Waals surface area contributed by atoms with Crippen molar-refractivity contribution in [1.82, 2.24) is 0 Å². The van der Waals surface area contributed by atoms with Crippen molar-refractivity contribution in [3.05, 3.63) is 53.6 Å². The number of fused-ring (bicyclic) bond motifs is 3. The van der Waals surface area contributed by atoms with E-state index in [0.717, 1.165) is 12.1 Å². The molecular weight excluding hydrogens is 206 g/mol. The quantitative estimate of drug-likeness (QED) is 0.652. The lowest BCUT2D eigenvalue weighted by Gasteiger charge is -2.05. The fraction of sp³-hybridized carbons (Fsp3) is 0.125. The standard InChI is InChI=1S/C16H13N/c1-2-9-17-14-7-8-16-13(11-14)10-12-5-3-4-6-15(12)16/h1,3-8,11,17H,9-10H2. The van der Waals surface area contributed by atoms with Crippen LogP contribution in [0.25, 0.3) is 11.1 Å². The molecule has 0 atom stereocenters. The maximum absolute atomic E-state index is 5.25. The Bertz CT molecular complexity index is 605. The lowest BCUT2D eigenvalue weighted by atomic mass is 10.1. The maximum atomic E-state index is 5.25. The van der Waals surface area contributed by atoms with E-state index in [4.69, 9.17) is 6.42 Å². The average molecular weight is 219 g/mol. The highest BCUT2D eigenvalue weighted by Crippen LogP contribution is 2.37. The Balaban J connectivity index is 1.99. The summed E-state index contributed by atoms with van der Waals surface area (Å²) in [5, 5.41) is 3.21. The van der Waals surface area contributed by atoms with Gasteiger partial charge in [0.2, 0.25) is 0 Å². The predicted molar refractivity (Wildman–Crippen MR) is 72.0 cm³/mol. The van der Waals surface area contributed by atoms with Gasteiger partial charge in [0, 0.05) is 5.69 Å². The molecule has 3 rings (SSSR count). The largest absolute Gasteiger partial charge is 0.374 e. The second kappa shape index (κ2) is 3.99. The molecule has 0 saturated carbocycles. The van der Waals surface area contributed by atoms with Crippen LogP contribution in [0.2, 0.25) is 0 Å². The van der Waals surface area contributed by atoms with E-state index in [1.165, 1.54) is 22.3 Å². The monoisotopic (exact) mass is 219 g/mol. The molecule has 0 unspecified atom stereocenters. The lowest BCUT2D eigenvalue weighted by molar-refractivity contribution is 1.25. The van der Waals surface area contributed by atoms with E-state index in [-0.39, 0.29) is 0 Å². The summed E-state index contributed by atoms with van der Waals surface area (Å²) in [4.78, 5) is 0. The van der Waals surface area contributed by atoms with Crippen LogP contribution in [0.15, 0.2) is 42.5 Å². The average Bonchev–Trinajstić information content (AvgIpc) is 2.74. The van der Waals surface area contributed by atoms with E-state index in [0.29, 0.717) is 6.54 Å². The van der Waals surface area contributed by atoms with Crippen molar-refractivity contribution >= 4 is 5.69 Å². The number of terminal acetylenes is 1. The molecule has 2 aromatic carbocycles. The highest BCUT2D eigenvalue weighted by molar-refractivity contribution is 5.78. The van der Waals surface area contributed by atoms with Crippen LogP contribution in [0, 0.1) is 12.3 Å². The summed E-state index contributed by atoms with van der Waals surface area (Å²) < 4.78 is 0. The molecule has 0 radical (unpaired) electrons. The van der Waals surface area contributed by atoms with E-state index in [9.17, 15) is 0 Å². The van der Waals surface area contributed by atoms with Crippen LogP contribution in [-0.2, 0) is 6.42 Å². The zero-order valence-electron chi connectivity index (χ0n) is 9.53. The van der Waals surface area contributed by atoms with Crippen molar-refractivity contribution in [2.24, 2.45) is 0 Å². The SMILES string of the molecule is C#CCNc1ccc2c(c1)Cc1ccccc1-2. The topological polar surface area (TPSA) is 12.0 Å². The van der Waals surface area contributed by atoms with Crippen molar-refractivity contribution in [3.8, 4) is 23.5 Å². The number of hydrogen-bond acceptors (Lipinski definition) is 1. The number of rotatable bonds is 2. The summed E-state index contributed by atoms with van der Waals surface area (Å²) in [6.45, 7) is 0.575. The van der Waals surface area contributed by atoms with Gasteiger partial charge in [-0.15, -0.1) is 6.42 Å². The van der Waals surface area contributed by atoms with Crippen molar-refractivity contribution < 1.29 is 0 Å². The van der Waals surface area contributed by atoms with Crippen molar-refractivity contribution in [1.29, 1.82) is 0 Å². The van der Waals surface area contributed by atoms with Crippen LogP contribution in [0.5, 0.6) is 0 Å². The Labute approximate surface area is 101 Å². The molecule has 0 bridgehead atoms. The summed E-state index contributed by atoms with van der Waals surface area (Å²) in [7, 11) is 0. The summed E-state index contributed by atoms with van der Waals surface area (Å²) in [5.74, 6) is 2.59. The molecule has 1 aliphatic carbocycles. The van der Waals surface area contributed by atoms with Crippen molar-refractivity contribution in [3.63, 3.8) is 0 Å². The zero-order valence-corrected chi connectivity index (χ0v) is 9.53. The highest BCUT2D eigenvalue weighted by atomic mass is 14.8. The molecule has 2 aromatic rings. The first-order valence-corrected chi connectivity index (χ1v) is 5.77. The molecule has 82 valence electrons. The van der Waals surface area contributed by atoms with E-state index in [2.05, 4.69) is 53.7 Å². The summed E-state index contributed by atoms with van der Waals surface area (Å²) in [6, 6.07) is 15.1. The molecule has 0 fully saturated rings. The van der Waals surface area contributed by atoms with Gasteiger partial charge in [0.15, 0.2) is 0 Å². The molecule has 0 saturated heterocycles. The normalized spacial score (nSPS) is 11.5. The Morgan fingerprint density at radius 3 is 2.76 bits per heavy atom. The number of benzene rings is 2. The van der Waals surface area contributed by atoms with Gasteiger partial charge in [-0.05, 0) is 40.8 Å². The molecule has 0 aliphatic heterocycles. The number of anilines is 1. The van der Waals surface area contributed by atoms with Gasteiger partial charge in [0.25, 0.3) is 0 Å². The van der Waals surface area contributed by atoms with Gasteiger partial charge >= 0.3 is 0 Å². The minimum atomic E-state index is 0.575. The first-order valence-electron chi connectivity index (χ1n) is 5.77. The predicted octanol–water partition coefficient (Wildman–Crippen LogP) is 3.30. The van der Waals surface area contributed by atoms with Crippen LogP contribution in [0.4, 0.5) is 5.69 Å². The lowest BCUT2D eigenvalue weighted by Crippen LogP contribution is -1.98. The fourth-order valence-electron chi connectivity index (χ4n) is 2.41. The van der Waals surface area contributed by atoms with Gasteiger partial charge in [-0.2, -0.15) is 0 Å². The second-order valence-corrected chi connectivity index (χ2v) is 4.26. The summed E-state index contributed by atoms with van der Waals surface area (Å²) >= 11 is 0. The third-order valence-electron chi connectivity index (χ3n) is 3.19. The maximum Gasteiger partial charge on any atom is 0.0763 e. The van der Waals surface area contributed by atoms with Crippen molar-refractivity contribution in [2.45, 2.75) is 6.42 Å². The number of hydrogen-bond donors (Lipinski definition) is 1. The van der Waals surface area contributed by atoms with Gasteiger partial charge in [0.1, 0.15) is 0 Å². The Hall–Kier alpha value is -2.20. The minimum Gasteiger partial charge on any atom is -0.374 e. The van der Waals surface area contributed by atoms with Gasteiger partial charge in [-0.25, -0.2) is 0 Å². The summed E-state index contributed by atoms with van der Waals surface area (Å²) in [6.07, 6.45) is 6.27. The molecule has 1 N–H and O–H groups in total. The molecule has 1 heteroatoms. The molecular formula is C16H13N. The Morgan fingerprint density at radius 2 is 1.88 bits per heavy atom. The molecule has 1 nitrogen and oxygen atoms in total. The van der Waals surface area contributed by atoms with Crippen molar-refractivity contribution in [2.75, 3.05) is 11.9 Å². The number of nitrogens with one attached hydrogen (secondary N) is 1. The minimum absolute atomic E-state index is 0.575. The van der Waals surface area contributed by atoms with Gasteiger partial charge in [0.05, 0.1) is 6.54 Å². The van der Waals surface area contributed by atoms with Crippen LogP contribution >= 0.6 is 0 Å². The molecule has 17 heavy (non-hydrogen) atoms. The van der Waals surface area contributed by atoms with Crippen LogP contribution in [0.3, 0.4) is 0 Å². The summed E-state index contributed by atoms with van der Waals surface area (Å²) in [5.41, 5.74) is 6.62. The van der Waals surface area contributed by atoms with E-state index < -0.39 is 0 Å². The van der Waals surface area contributed by atoms with Crippen LogP contribution < -0.4 is 5.32 Å². The second-order valence-electron chi connectivity index (χ2n) is 4.26. The van der Waals surface area contributed by atoms with Gasteiger partial charge < -0.3 is 5.32 Å². The first kappa shape index (κ1) is 9.99. The van der Waals surface area contributed by atoms with Crippen LogP contribution in [-0.4, -0.2) is 6.54 Å². The molecule has 0 aromatic heterocycles. The molecule has 0 amide bonds.